The number of rotatable bonds is 5. The number of carbonyl (C=O) groups excluding carboxylic acids is 3. The van der Waals surface area contributed by atoms with Crippen LogP contribution in [0.5, 0.6) is 0 Å². The van der Waals surface area contributed by atoms with Gasteiger partial charge in [-0.15, -0.1) is 0 Å². The number of amides is 4. The number of hydrogen-bond acceptors (Lipinski definition) is 5. The van der Waals surface area contributed by atoms with E-state index in [2.05, 4.69) is 40.1 Å². The Bertz CT molecular complexity index is 948. The molecule has 9 nitrogen and oxygen atoms in total. The molecule has 4 amide bonds. The molecule has 1 atom stereocenters. The van der Waals surface area contributed by atoms with E-state index in [-0.39, 0.29) is 36.3 Å². The van der Waals surface area contributed by atoms with Crippen LogP contribution in [0.1, 0.15) is 30.4 Å². The lowest BCUT2D eigenvalue weighted by Gasteiger charge is -2.34. The highest BCUT2D eigenvalue weighted by molar-refractivity contribution is 6.05. The number of benzene rings is 1. The van der Waals surface area contributed by atoms with Crippen LogP contribution in [0.25, 0.3) is 0 Å². The Morgan fingerprint density at radius 1 is 1.20 bits per heavy atom. The van der Waals surface area contributed by atoms with Crippen molar-refractivity contribution in [2.24, 2.45) is 0 Å². The summed E-state index contributed by atoms with van der Waals surface area (Å²) in [5.41, 5.74) is 2.38. The Balaban J connectivity index is 1.24. The predicted molar refractivity (Wildman–Crippen MR) is 111 cm³/mol. The molecule has 0 spiro atoms. The molecule has 2 fully saturated rings. The highest BCUT2D eigenvalue weighted by Crippen LogP contribution is 2.18. The Morgan fingerprint density at radius 2 is 1.97 bits per heavy atom. The van der Waals surface area contributed by atoms with Crippen LogP contribution in [0, 0.1) is 6.92 Å². The fourth-order valence-corrected chi connectivity index (χ4v) is 4.01. The van der Waals surface area contributed by atoms with Crippen LogP contribution in [0.4, 0.5) is 10.6 Å². The number of nitrogens with one attached hydrogen (secondary N) is 3. The van der Waals surface area contributed by atoms with Crippen LogP contribution in [0.2, 0.25) is 0 Å². The van der Waals surface area contributed by atoms with E-state index in [0.29, 0.717) is 25.5 Å². The molecule has 2 aliphatic rings. The molecule has 1 aromatic heterocycles. The SMILES string of the molecule is Cc1ccccc1Cn1ccc(NC(=O)NC2CCN(C3CC(=O)NC3=O)CC2)n1. The van der Waals surface area contributed by atoms with Crippen molar-refractivity contribution < 1.29 is 14.4 Å². The van der Waals surface area contributed by atoms with Gasteiger partial charge in [-0.3, -0.25) is 29.8 Å². The van der Waals surface area contributed by atoms with Crippen LogP contribution in [0.15, 0.2) is 36.5 Å². The average Bonchev–Trinajstić information content (AvgIpc) is 3.29. The van der Waals surface area contributed by atoms with Crippen molar-refractivity contribution >= 4 is 23.7 Å². The second kappa shape index (κ2) is 8.66. The summed E-state index contributed by atoms with van der Waals surface area (Å²) >= 11 is 0. The summed E-state index contributed by atoms with van der Waals surface area (Å²) in [7, 11) is 0. The van der Waals surface area contributed by atoms with Gasteiger partial charge < -0.3 is 5.32 Å². The van der Waals surface area contributed by atoms with Gasteiger partial charge >= 0.3 is 6.03 Å². The maximum atomic E-state index is 12.3. The fourth-order valence-electron chi connectivity index (χ4n) is 4.01. The summed E-state index contributed by atoms with van der Waals surface area (Å²) in [6.45, 7) is 4.04. The first-order valence-corrected chi connectivity index (χ1v) is 10.2. The molecule has 4 rings (SSSR count). The summed E-state index contributed by atoms with van der Waals surface area (Å²) in [6, 6.07) is 9.27. The average molecular weight is 410 g/mol. The van der Waals surface area contributed by atoms with Gasteiger partial charge in [0, 0.05) is 31.4 Å². The van der Waals surface area contributed by atoms with E-state index in [4.69, 9.17) is 0 Å². The van der Waals surface area contributed by atoms with E-state index in [1.54, 1.807) is 10.7 Å². The summed E-state index contributed by atoms with van der Waals surface area (Å²) in [4.78, 5) is 37.6. The van der Waals surface area contributed by atoms with Crippen LogP contribution in [-0.2, 0) is 16.1 Å². The van der Waals surface area contributed by atoms with E-state index in [1.165, 1.54) is 11.1 Å². The molecule has 3 heterocycles. The third-order valence-corrected chi connectivity index (χ3v) is 5.73. The van der Waals surface area contributed by atoms with E-state index in [1.807, 2.05) is 23.2 Å². The number of anilines is 1. The van der Waals surface area contributed by atoms with Crippen molar-refractivity contribution in [3.63, 3.8) is 0 Å². The van der Waals surface area contributed by atoms with E-state index in [0.717, 1.165) is 12.8 Å². The largest absolute Gasteiger partial charge is 0.335 e. The molecule has 3 N–H and O–H groups in total. The zero-order valence-corrected chi connectivity index (χ0v) is 16.9. The molecular weight excluding hydrogens is 384 g/mol. The molecule has 30 heavy (non-hydrogen) atoms. The van der Waals surface area contributed by atoms with Gasteiger partial charge in [-0.05, 0) is 30.9 Å². The highest BCUT2D eigenvalue weighted by atomic mass is 16.2. The number of urea groups is 1. The Hall–Kier alpha value is -3.20. The molecule has 0 bridgehead atoms. The number of nitrogens with zero attached hydrogens (tertiary/aromatic N) is 3. The van der Waals surface area contributed by atoms with Crippen molar-refractivity contribution in [1.29, 1.82) is 0 Å². The lowest BCUT2D eigenvalue weighted by Crippen LogP contribution is -2.50. The van der Waals surface area contributed by atoms with E-state index < -0.39 is 0 Å². The quantitative estimate of drug-likeness (QED) is 0.643. The second-order valence-corrected chi connectivity index (χ2v) is 7.87. The van der Waals surface area contributed by atoms with Gasteiger partial charge in [-0.1, -0.05) is 24.3 Å². The number of piperidine rings is 1. The molecule has 2 aliphatic heterocycles. The number of aryl methyl sites for hydroxylation is 1. The van der Waals surface area contributed by atoms with Gasteiger partial charge in [0.05, 0.1) is 19.0 Å². The van der Waals surface area contributed by atoms with Crippen molar-refractivity contribution in [1.82, 2.24) is 25.3 Å². The fraction of sp³-hybridized carbons (Fsp3) is 0.429. The van der Waals surface area contributed by atoms with Gasteiger partial charge in [0.1, 0.15) is 0 Å². The van der Waals surface area contributed by atoms with Gasteiger partial charge in [-0.25, -0.2) is 4.79 Å². The van der Waals surface area contributed by atoms with Crippen LogP contribution in [0.3, 0.4) is 0 Å². The highest BCUT2D eigenvalue weighted by Gasteiger charge is 2.37. The molecule has 1 unspecified atom stereocenters. The van der Waals surface area contributed by atoms with E-state index >= 15 is 0 Å². The van der Waals surface area contributed by atoms with Crippen LogP contribution < -0.4 is 16.0 Å². The third kappa shape index (κ3) is 4.68. The summed E-state index contributed by atoms with van der Waals surface area (Å²) in [5.74, 6) is 0.0663. The molecule has 2 aromatic rings. The zero-order valence-electron chi connectivity index (χ0n) is 16.9. The third-order valence-electron chi connectivity index (χ3n) is 5.73. The van der Waals surface area contributed by atoms with Crippen molar-refractivity contribution in [2.45, 2.75) is 44.8 Å². The molecule has 0 radical (unpaired) electrons. The minimum absolute atomic E-state index is 0.0236. The molecule has 2 saturated heterocycles. The zero-order chi connectivity index (χ0) is 21.1. The van der Waals surface area contributed by atoms with Crippen LogP contribution >= 0.6 is 0 Å². The maximum absolute atomic E-state index is 12.3. The van der Waals surface area contributed by atoms with Gasteiger partial charge in [-0.2, -0.15) is 5.10 Å². The predicted octanol–water partition coefficient (Wildman–Crippen LogP) is 1.24. The molecule has 0 saturated carbocycles. The molecule has 9 heteroatoms. The van der Waals surface area contributed by atoms with Gasteiger partial charge in [0.15, 0.2) is 5.82 Å². The smallest absolute Gasteiger partial charge is 0.320 e. The molecular formula is C21H26N6O3. The second-order valence-electron chi connectivity index (χ2n) is 7.87. The minimum Gasteiger partial charge on any atom is -0.335 e. The summed E-state index contributed by atoms with van der Waals surface area (Å²) in [5, 5.41) is 12.5. The van der Waals surface area contributed by atoms with Gasteiger partial charge in [0.2, 0.25) is 11.8 Å². The number of hydrogen-bond donors (Lipinski definition) is 3. The standard InChI is InChI=1S/C21H26N6O3/c1-14-4-2-3-5-15(14)13-27-11-8-18(25-27)23-21(30)22-16-6-9-26(10-7-16)17-12-19(28)24-20(17)29/h2-5,8,11,16-17H,6-7,9-10,12-13H2,1H3,(H,24,28,29)(H2,22,23,25,30). The molecule has 1 aromatic carbocycles. The van der Waals surface area contributed by atoms with Crippen LogP contribution in [-0.4, -0.2) is 57.7 Å². The molecule has 0 aliphatic carbocycles. The number of likely N-dealkylation sites (tertiary alicyclic amines) is 1. The van der Waals surface area contributed by atoms with Gasteiger partial charge in [0.25, 0.3) is 0 Å². The Kier molecular flexibility index (Phi) is 5.80. The van der Waals surface area contributed by atoms with E-state index in [9.17, 15) is 14.4 Å². The minimum atomic E-state index is -0.371. The van der Waals surface area contributed by atoms with Crippen molar-refractivity contribution in [3.8, 4) is 0 Å². The van der Waals surface area contributed by atoms with Crippen molar-refractivity contribution in [2.75, 3.05) is 18.4 Å². The lowest BCUT2D eigenvalue weighted by atomic mass is 10.0. The number of carbonyl (C=O) groups is 3. The summed E-state index contributed by atoms with van der Waals surface area (Å²) < 4.78 is 1.80. The monoisotopic (exact) mass is 410 g/mol. The first-order valence-electron chi connectivity index (χ1n) is 10.2. The summed E-state index contributed by atoms with van der Waals surface area (Å²) in [6.07, 6.45) is 3.53. The van der Waals surface area contributed by atoms with Crippen molar-refractivity contribution in [3.05, 3.63) is 47.7 Å². The molecule has 158 valence electrons. The topological polar surface area (TPSA) is 108 Å². The number of imide groups is 1. The first-order chi connectivity index (χ1) is 14.5. The first kappa shape index (κ1) is 20.1. The Labute approximate surface area is 174 Å². The maximum Gasteiger partial charge on any atom is 0.320 e. The Morgan fingerprint density at radius 3 is 2.67 bits per heavy atom. The number of aromatic nitrogens is 2. The lowest BCUT2D eigenvalue weighted by molar-refractivity contribution is -0.126. The normalized spacial score (nSPS) is 20.2.